The molecule has 0 spiro atoms. The Bertz CT molecular complexity index is 1850. The first-order chi connectivity index (χ1) is 28.9. The predicted molar refractivity (Wildman–Crippen MR) is 245 cm³/mol. The molecule has 4 aliphatic rings. The summed E-state index contributed by atoms with van der Waals surface area (Å²) in [5.74, 6) is 1.69. The third kappa shape index (κ3) is 12.0. The minimum atomic E-state index is -1.17. The van der Waals surface area contributed by atoms with Crippen LogP contribution in [0.1, 0.15) is 101 Å². The van der Waals surface area contributed by atoms with Gasteiger partial charge in [0.25, 0.3) is 0 Å². The molecule has 2 aliphatic heterocycles. The zero-order valence-corrected chi connectivity index (χ0v) is 37.7. The lowest BCUT2D eigenvalue weighted by atomic mass is 9.93. The summed E-state index contributed by atoms with van der Waals surface area (Å²) in [6.45, 7) is 14.2. The number of ether oxygens (including phenoxy) is 2. The van der Waals surface area contributed by atoms with Gasteiger partial charge in [-0.3, -0.25) is 19.6 Å². The largest absolute Gasteiger partial charge is 0.497 e. The maximum Gasteiger partial charge on any atom is 0.118 e. The van der Waals surface area contributed by atoms with Crippen LogP contribution in [0, 0.1) is 0 Å². The van der Waals surface area contributed by atoms with Crippen LogP contribution in [0.25, 0.3) is 0 Å². The minimum Gasteiger partial charge on any atom is -0.497 e. The monoisotopic (exact) mass is 836 g/mol. The molecule has 4 fully saturated rings. The predicted octanol–water partition coefficient (Wildman–Crippen LogP) is 10.7. The molecule has 4 aromatic carbocycles. The van der Waals surface area contributed by atoms with Crippen LogP contribution >= 0.6 is 11.8 Å². The van der Waals surface area contributed by atoms with Crippen molar-refractivity contribution < 1.29 is 13.7 Å². The van der Waals surface area contributed by atoms with Gasteiger partial charge in [-0.15, -0.1) is 0 Å². The summed E-state index contributed by atoms with van der Waals surface area (Å²) in [5.41, 5.74) is 2.73. The Hall–Kier alpha value is -3.18. The van der Waals surface area contributed by atoms with E-state index in [4.69, 9.17) is 9.47 Å². The van der Waals surface area contributed by atoms with E-state index in [0.29, 0.717) is 12.1 Å². The fourth-order valence-electron chi connectivity index (χ4n) is 9.59. The lowest BCUT2D eigenvalue weighted by Crippen LogP contribution is -2.51. The molecule has 9 heteroatoms. The van der Waals surface area contributed by atoms with Gasteiger partial charge in [0.05, 0.1) is 25.0 Å². The van der Waals surface area contributed by atoms with Crippen LogP contribution in [0.5, 0.6) is 11.5 Å². The average Bonchev–Trinajstić information content (AvgIpc) is 3.32. The lowest BCUT2D eigenvalue weighted by molar-refractivity contribution is 0.0602. The van der Waals surface area contributed by atoms with E-state index in [2.05, 4.69) is 82.0 Å². The third-order valence-electron chi connectivity index (χ3n) is 13.5. The molecular formula is C50H68N4O3S2. The number of hydrogen-bond acceptors (Lipinski definition) is 8. The molecule has 3 atom stereocenters. The molecule has 0 N–H and O–H groups in total. The van der Waals surface area contributed by atoms with Crippen LogP contribution in [0.2, 0.25) is 0 Å². The van der Waals surface area contributed by atoms with Gasteiger partial charge in [-0.05, 0) is 123 Å². The van der Waals surface area contributed by atoms with Gasteiger partial charge in [-0.25, -0.2) is 4.21 Å². The molecule has 2 heterocycles. The Morgan fingerprint density at radius 2 is 0.831 bits per heavy atom. The molecule has 3 unspecified atom stereocenters. The summed E-state index contributed by atoms with van der Waals surface area (Å²) in [5, 5.41) is 0. The summed E-state index contributed by atoms with van der Waals surface area (Å²) in [6.07, 6.45) is 14.2. The zero-order valence-electron chi connectivity index (χ0n) is 36.1. The van der Waals surface area contributed by atoms with Crippen molar-refractivity contribution in [2.45, 2.75) is 122 Å². The first-order valence-corrected chi connectivity index (χ1v) is 24.4. The molecule has 7 nitrogen and oxygen atoms in total. The highest BCUT2D eigenvalue weighted by Gasteiger charge is 2.29. The number of rotatable bonds is 12. The molecule has 0 aromatic heterocycles. The maximum atomic E-state index is 12.9. The summed E-state index contributed by atoms with van der Waals surface area (Å²) in [4.78, 5) is 14.9. The molecular weight excluding hydrogens is 769 g/mol. The minimum absolute atomic E-state index is 0.391. The number of methoxy groups -OCH3 is 2. The Labute approximate surface area is 362 Å². The van der Waals surface area contributed by atoms with E-state index in [1.54, 1.807) is 26.0 Å². The van der Waals surface area contributed by atoms with Crippen molar-refractivity contribution in [1.29, 1.82) is 0 Å². The second kappa shape index (κ2) is 22.1. The van der Waals surface area contributed by atoms with Crippen molar-refractivity contribution in [3.8, 4) is 11.5 Å². The highest BCUT2D eigenvalue weighted by atomic mass is 32.2. The van der Waals surface area contributed by atoms with Crippen LogP contribution in [0.3, 0.4) is 0 Å². The smallest absolute Gasteiger partial charge is 0.118 e. The molecule has 318 valence electrons. The second-order valence-corrected chi connectivity index (χ2v) is 19.6. The van der Waals surface area contributed by atoms with Gasteiger partial charge >= 0.3 is 0 Å². The van der Waals surface area contributed by atoms with Crippen LogP contribution in [0.4, 0.5) is 0 Å². The quantitative estimate of drug-likeness (QED) is 0.140. The van der Waals surface area contributed by atoms with Crippen LogP contribution in [0.15, 0.2) is 117 Å². The summed E-state index contributed by atoms with van der Waals surface area (Å²) in [6, 6.07) is 35.8. The van der Waals surface area contributed by atoms with Crippen LogP contribution in [-0.4, -0.2) is 102 Å². The van der Waals surface area contributed by atoms with Gasteiger partial charge < -0.3 is 9.47 Å². The fraction of sp³-hybridized carbons (Fsp3) is 0.520. The Morgan fingerprint density at radius 3 is 1.22 bits per heavy atom. The third-order valence-corrected chi connectivity index (χ3v) is 15.9. The number of piperazine rings is 2. The van der Waals surface area contributed by atoms with Crippen molar-refractivity contribution in [2.75, 3.05) is 66.6 Å². The Morgan fingerprint density at radius 1 is 0.492 bits per heavy atom. The van der Waals surface area contributed by atoms with Crippen LogP contribution in [-0.2, 0) is 10.8 Å². The van der Waals surface area contributed by atoms with Gasteiger partial charge in [-0.2, -0.15) is 0 Å². The second-order valence-electron chi connectivity index (χ2n) is 16.9. The standard InChI is InChI=1S/C25H34N2O2S.C25H34N2OS/c1-20(26-16-18-27(19-17-26)22-6-4-3-5-7-22)21-8-12-24(13-9-21)30(28)25-14-10-23(29-2)11-15-25;1-20(26-16-18-27(19-17-26)22-6-4-3-5-7-22)21-8-12-24(13-9-21)29-25-14-10-23(28-2)11-15-25/h8-15,20,22H,3-7,16-19H2,1-2H3;8-15,20,22H,3-7,16-19H2,1-2H3. The topological polar surface area (TPSA) is 48.5 Å². The SMILES string of the molecule is COc1ccc(S(=O)c2ccc(C(C)N3CCN(C4CCCCC4)CC3)cc2)cc1.COc1ccc(Sc2ccc(C(C)N3CCN(C4CCCCC4)CC3)cc2)cc1. The first kappa shape index (κ1) is 43.9. The average molecular weight is 837 g/mol. The van der Waals surface area contributed by atoms with Gasteiger partial charge in [0, 0.05) is 96.1 Å². The van der Waals surface area contributed by atoms with E-state index >= 15 is 0 Å². The highest BCUT2D eigenvalue weighted by molar-refractivity contribution is 7.99. The maximum absolute atomic E-state index is 12.9. The van der Waals surface area contributed by atoms with E-state index in [1.807, 2.05) is 48.5 Å². The molecule has 4 aromatic rings. The fourth-order valence-corrected chi connectivity index (χ4v) is 11.4. The van der Waals surface area contributed by atoms with Crippen molar-refractivity contribution in [3.63, 3.8) is 0 Å². The number of hydrogen-bond donors (Lipinski definition) is 0. The summed E-state index contributed by atoms with van der Waals surface area (Å²) in [7, 11) is 2.18. The van der Waals surface area contributed by atoms with Crippen molar-refractivity contribution in [3.05, 3.63) is 108 Å². The Balaban J connectivity index is 0.000000179. The molecule has 0 amide bonds. The van der Waals surface area contributed by atoms with Crippen molar-refractivity contribution in [2.24, 2.45) is 0 Å². The van der Waals surface area contributed by atoms with Gasteiger partial charge in [0.15, 0.2) is 0 Å². The molecule has 0 radical (unpaired) electrons. The number of nitrogens with zero attached hydrogens (tertiary/aromatic N) is 4. The van der Waals surface area contributed by atoms with E-state index in [0.717, 1.165) is 46.5 Å². The molecule has 0 bridgehead atoms. The van der Waals surface area contributed by atoms with Gasteiger partial charge in [0.2, 0.25) is 0 Å². The lowest BCUT2D eigenvalue weighted by Gasteiger charge is -2.42. The van der Waals surface area contributed by atoms with Crippen molar-refractivity contribution in [1.82, 2.24) is 19.6 Å². The van der Waals surface area contributed by atoms with E-state index < -0.39 is 10.8 Å². The molecule has 8 rings (SSSR count). The summed E-state index contributed by atoms with van der Waals surface area (Å²) < 4.78 is 23.3. The zero-order chi connectivity index (χ0) is 41.0. The normalized spacial score (nSPS) is 20.9. The van der Waals surface area contributed by atoms with E-state index in [-0.39, 0.29) is 0 Å². The van der Waals surface area contributed by atoms with Gasteiger partial charge in [0.1, 0.15) is 11.5 Å². The molecule has 2 saturated heterocycles. The number of benzene rings is 4. The Kier molecular flexibility index (Phi) is 16.4. The molecule has 2 aliphatic carbocycles. The van der Waals surface area contributed by atoms with E-state index in [9.17, 15) is 4.21 Å². The molecule has 2 saturated carbocycles. The van der Waals surface area contributed by atoms with Crippen molar-refractivity contribution >= 4 is 22.6 Å². The van der Waals surface area contributed by atoms with Crippen LogP contribution < -0.4 is 9.47 Å². The molecule has 59 heavy (non-hydrogen) atoms. The van der Waals surface area contributed by atoms with Gasteiger partial charge in [-0.1, -0.05) is 74.6 Å². The van der Waals surface area contributed by atoms with E-state index in [1.165, 1.54) is 124 Å². The summed E-state index contributed by atoms with van der Waals surface area (Å²) >= 11 is 1.80. The highest BCUT2D eigenvalue weighted by Crippen LogP contribution is 2.32. The first-order valence-electron chi connectivity index (χ1n) is 22.4.